The molecule has 0 spiro atoms. The van der Waals surface area contributed by atoms with E-state index in [1.54, 1.807) is 0 Å². The fourth-order valence-electron chi connectivity index (χ4n) is 2.82. The highest BCUT2D eigenvalue weighted by Crippen LogP contribution is 2.21. The Kier molecular flexibility index (Phi) is 11.6. The van der Waals surface area contributed by atoms with Gasteiger partial charge in [-0.25, -0.2) is 0 Å². The van der Waals surface area contributed by atoms with Crippen LogP contribution in [-0.4, -0.2) is 57.9 Å². The van der Waals surface area contributed by atoms with E-state index in [1.165, 1.54) is 14.2 Å². The molecule has 0 unspecified atom stereocenters. The zero-order chi connectivity index (χ0) is 18.5. The molecule has 0 bridgehead atoms. The van der Waals surface area contributed by atoms with Crippen molar-refractivity contribution in [3.63, 3.8) is 0 Å². The molecule has 3 atom stereocenters. The summed E-state index contributed by atoms with van der Waals surface area (Å²) in [4.78, 5) is 24.7. The van der Waals surface area contributed by atoms with Crippen LogP contribution in [0.4, 0.5) is 0 Å². The van der Waals surface area contributed by atoms with Gasteiger partial charge in [0.15, 0.2) is 5.78 Å². The van der Waals surface area contributed by atoms with Crippen molar-refractivity contribution in [3.05, 3.63) is 0 Å². The van der Waals surface area contributed by atoms with Gasteiger partial charge in [0.2, 0.25) is 0 Å². The van der Waals surface area contributed by atoms with Gasteiger partial charge in [-0.2, -0.15) is 0 Å². The fourth-order valence-corrected chi connectivity index (χ4v) is 2.82. The van der Waals surface area contributed by atoms with Gasteiger partial charge in [-0.3, -0.25) is 9.59 Å². The lowest BCUT2D eigenvalue weighted by atomic mass is 9.97. The first-order chi connectivity index (χ1) is 12.1. The van der Waals surface area contributed by atoms with Crippen LogP contribution >= 0.6 is 0 Å². The maximum atomic E-state index is 12.6. The first kappa shape index (κ1) is 22.0. The highest BCUT2D eigenvalue weighted by Gasteiger charge is 2.30. The lowest BCUT2D eigenvalue weighted by molar-refractivity contribution is -0.163. The summed E-state index contributed by atoms with van der Waals surface area (Å²) in [7, 11) is 3.02. The first-order valence-electron chi connectivity index (χ1n) is 9.03. The molecule has 1 aliphatic heterocycles. The van der Waals surface area contributed by atoms with Gasteiger partial charge in [-0.15, -0.1) is 0 Å². The normalized spacial score (nSPS) is 25.6. The van der Waals surface area contributed by atoms with Crippen molar-refractivity contribution >= 4 is 11.8 Å². The smallest absolute Gasteiger partial charge is 0.306 e. The summed E-state index contributed by atoms with van der Waals surface area (Å²) in [6.07, 6.45) is 3.70. The third-order valence-corrected chi connectivity index (χ3v) is 4.17. The van der Waals surface area contributed by atoms with Crippen LogP contribution in [0.1, 0.15) is 58.3 Å². The molecular weight excluding hydrogens is 328 g/mol. The molecule has 25 heavy (non-hydrogen) atoms. The zero-order valence-corrected chi connectivity index (χ0v) is 15.7. The Morgan fingerprint density at radius 2 is 1.80 bits per heavy atom. The Bertz CT molecular complexity index is 386. The number of hydrogen-bond acceptors (Lipinski definition) is 7. The second-order valence-electron chi connectivity index (χ2n) is 6.31. The zero-order valence-electron chi connectivity index (χ0n) is 15.7. The molecule has 1 heterocycles. The van der Waals surface area contributed by atoms with E-state index in [0.717, 1.165) is 25.7 Å². The predicted octanol–water partition coefficient (Wildman–Crippen LogP) is 2.60. The van der Waals surface area contributed by atoms with Gasteiger partial charge >= 0.3 is 5.97 Å². The second kappa shape index (κ2) is 13.2. The van der Waals surface area contributed by atoms with Crippen molar-refractivity contribution in [2.24, 2.45) is 0 Å². The molecule has 1 fully saturated rings. The Hall–Kier alpha value is -1.02. The highest BCUT2D eigenvalue weighted by molar-refractivity contribution is 5.83. The molecule has 0 amide bonds. The molecule has 1 aliphatic rings. The van der Waals surface area contributed by atoms with Gasteiger partial charge in [0, 0.05) is 33.5 Å². The van der Waals surface area contributed by atoms with Crippen LogP contribution < -0.4 is 0 Å². The van der Waals surface area contributed by atoms with Crippen LogP contribution in [0, 0.1) is 0 Å². The van der Waals surface area contributed by atoms with E-state index in [0.29, 0.717) is 12.8 Å². The summed E-state index contributed by atoms with van der Waals surface area (Å²) >= 11 is 0. The van der Waals surface area contributed by atoms with E-state index in [9.17, 15) is 9.59 Å². The Balaban J connectivity index is 2.77. The fraction of sp³-hybridized carbons (Fsp3) is 0.889. The SMILES string of the molecule is CCCCC[C@@H]1C[C@H](OCOC)C(=O)C[C@@H](OCOC)CCC(=O)O1. The summed E-state index contributed by atoms with van der Waals surface area (Å²) in [6.45, 7) is 2.22. The first-order valence-corrected chi connectivity index (χ1v) is 9.03. The molecule has 146 valence electrons. The molecule has 0 aliphatic carbocycles. The predicted molar refractivity (Wildman–Crippen MR) is 91.0 cm³/mol. The van der Waals surface area contributed by atoms with Crippen LogP contribution in [0.15, 0.2) is 0 Å². The molecule has 1 saturated heterocycles. The van der Waals surface area contributed by atoms with E-state index >= 15 is 0 Å². The standard InChI is InChI=1S/C18H32O7/c1-4-5-6-7-15-11-17(24-13-22-3)16(19)10-14(23-12-21-2)8-9-18(20)25-15/h14-15,17H,4-13H2,1-3H3/t14-,15+,17-/m0/s1. The summed E-state index contributed by atoms with van der Waals surface area (Å²) < 4.78 is 26.5. The minimum absolute atomic E-state index is 0.0234. The van der Waals surface area contributed by atoms with Crippen molar-refractivity contribution in [2.75, 3.05) is 27.8 Å². The van der Waals surface area contributed by atoms with Crippen LogP contribution in [0.5, 0.6) is 0 Å². The van der Waals surface area contributed by atoms with E-state index in [1.807, 2.05) is 0 Å². The van der Waals surface area contributed by atoms with E-state index in [2.05, 4.69) is 6.92 Å². The Morgan fingerprint density at radius 1 is 1.08 bits per heavy atom. The van der Waals surface area contributed by atoms with Crippen molar-refractivity contribution < 1.29 is 33.3 Å². The number of methoxy groups -OCH3 is 2. The molecule has 1 rings (SSSR count). The maximum absolute atomic E-state index is 12.6. The largest absolute Gasteiger partial charge is 0.462 e. The molecule has 0 aromatic rings. The van der Waals surface area contributed by atoms with Gasteiger partial charge in [0.1, 0.15) is 25.8 Å². The van der Waals surface area contributed by atoms with E-state index in [4.69, 9.17) is 23.7 Å². The van der Waals surface area contributed by atoms with Crippen LogP contribution in [0.3, 0.4) is 0 Å². The Morgan fingerprint density at radius 3 is 2.48 bits per heavy atom. The molecule has 0 N–H and O–H groups in total. The molecule has 7 heteroatoms. The van der Waals surface area contributed by atoms with Crippen molar-refractivity contribution in [3.8, 4) is 0 Å². The molecule has 0 saturated carbocycles. The molecular formula is C18H32O7. The number of ketones is 1. The number of carbonyl (C=O) groups excluding carboxylic acids is 2. The minimum Gasteiger partial charge on any atom is -0.462 e. The number of esters is 1. The topological polar surface area (TPSA) is 80.3 Å². The number of rotatable bonds is 10. The number of ether oxygens (including phenoxy) is 5. The van der Waals surface area contributed by atoms with E-state index in [-0.39, 0.29) is 50.4 Å². The van der Waals surface area contributed by atoms with Crippen LogP contribution in [-0.2, 0) is 33.3 Å². The third-order valence-electron chi connectivity index (χ3n) is 4.17. The number of Topliss-reactive ketones (excluding diaryl/α,β-unsaturated/α-hetero) is 1. The summed E-state index contributed by atoms with van der Waals surface area (Å²) in [5.74, 6) is -0.316. The van der Waals surface area contributed by atoms with Crippen molar-refractivity contribution in [1.82, 2.24) is 0 Å². The quantitative estimate of drug-likeness (QED) is 0.336. The van der Waals surface area contributed by atoms with Crippen LogP contribution in [0.25, 0.3) is 0 Å². The van der Waals surface area contributed by atoms with Gasteiger partial charge in [0.25, 0.3) is 0 Å². The average molecular weight is 360 g/mol. The highest BCUT2D eigenvalue weighted by atomic mass is 16.7. The summed E-state index contributed by atoms with van der Waals surface area (Å²) in [5, 5.41) is 0. The molecule has 0 aromatic heterocycles. The summed E-state index contributed by atoms with van der Waals surface area (Å²) in [5.41, 5.74) is 0. The number of carbonyl (C=O) groups is 2. The van der Waals surface area contributed by atoms with Gasteiger partial charge in [0.05, 0.1) is 6.10 Å². The monoisotopic (exact) mass is 360 g/mol. The average Bonchev–Trinajstić information content (AvgIpc) is 2.60. The molecule has 0 radical (unpaired) electrons. The maximum Gasteiger partial charge on any atom is 0.306 e. The van der Waals surface area contributed by atoms with E-state index < -0.39 is 6.10 Å². The molecule has 0 aromatic carbocycles. The lowest BCUT2D eigenvalue weighted by Crippen LogP contribution is -2.36. The van der Waals surface area contributed by atoms with Crippen molar-refractivity contribution in [2.45, 2.75) is 76.6 Å². The van der Waals surface area contributed by atoms with Gasteiger partial charge in [-0.05, 0) is 19.3 Å². The van der Waals surface area contributed by atoms with Gasteiger partial charge < -0.3 is 23.7 Å². The summed E-state index contributed by atoms with van der Waals surface area (Å²) in [6, 6.07) is 0. The number of cyclic esters (lactones) is 1. The third kappa shape index (κ3) is 9.30. The minimum atomic E-state index is -0.661. The molecule has 7 nitrogen and oxygen atoms in total. The van der Waals surface area contributed by atoms with Crippen molar-refractivity contribution in [1.29, 1.82) is 0 Å². The van der Waals surface area contributed by atoms with Crippen LogP contribution in [0.2, 0.25) is 0 Å². The second-order valence-corrected chi connectivity index (χ2v) is 6.31. The number of unbranched alkanes of at least 4 members (excludes halogenated alkanes) is 2. The Labute approximate surface area is 150 Å². The van der Waals surface area contributed by atoms with Gasteiger partial charge in [-0.1, -0.05) is 19.8 Å². The number of hydrogen-bond donors (Lipinski definition) is 0. The lowest BCUT2D eigenvalue weighted by Gasteiger charge is -2.27.